The summed E-state index contributed by atoms with van der Waals surface area (Å²) < 4.78 is 0. The zero-order valence-electron chi connectivity index (χ0n) is 10.4. The Morgan fingerprint density at radius 1 is 1.20 bits per heavy atom. The van der Waals surface area contributed by atoms with E-state index in [1.54, 1.807) is 0 Å². The van der Waals surface area contributed by atoms with Crippen LogP contribution in [0.25, 0.3) is 0 Å². The fourth-order valence-electron chi connectivity index (χ4n) is 1.46. The summed E-state index contributed by atoms with van der Waals surface area (Å²) in [7, 11) is 0. The van der Waals surface area contributed by atoms with Crippen molar-refractivity contribution in [3.05, 3.63) is 0 Å². The van der Waals surface area contributed by atoms with Crippen molar-refractivity contribution < 1.29 is 4.79 Å². The van der Waals surface area contributed by atoms with E-state index in [9.17, 15) is 4.79 Å². The Kier molecular flexibility index (Phi) is 8.38. The number of carbonyl (C=O) groups excluding carboxylic acids is 1. The maximum absolute atomic E-state index is 10.5. The first-order chi connectivity index (χ1) is 7.02. The normalized spacial score (nSPS) is 13.1. The molecule has 15 heavy (non-hydrogen) atoms. The first kappa shape index (κ1) is 14.4. The van der Waals surface area contributed by atoms with Gasteiger partial charge in [-0.3, -0.25) is 4.79 Å². The maximum Gasteiger partial charge on any atom is 0.217 e. The van der Waals surface area contributed by atoms with Gasteiger partial charge in [0.15, 0.2) is 0 Å². The smallest absolute Gasteiger partial charge is 0.217 e. The molecule has 0 aromatic heterocycles. The zero-order valence-corrected chi connectivity index (χ0v) is 10.4. The Balaban J connectivity index is 3.23. The number of amides is 1. The minimum atomic E-state index is -0.192. The molecule has 3 nitrogen and oxygen atoms in total. The molecule has 3 N–H and O–H groups in total. The lowest BCUT2D eigenvalue weighted by atomic mass is 10.0. The topological polar surface area (TPSA) is 55.1 Å². The molecule has 0 radical (unpaired) electrons. The van der Waals surface area contributed by atoms with E-state index in [0.29, 0.717) is 12.5 Å². The Hall–Kier alpha value is -0.570. The molecule has 1 unspecified atom stereocenters. The maximum atomic E-state index is 10.5. The number of nitrogens with two attached hydrogens (primary N) is 1. The Labute approximate surface area is 93.8 Å². The number of rotatable bonds is 9. The number of nitrogens with one attached hydrogen (secondary N) is 1. The first-order valence-corrected chi connectivity index (χ1v) is 6.04. The number of hydrogen-bond donors (Lipinski definition) is 2. The standard InChI is InChI=1S/C12H26N2O/c1-10(2)7-8-11(3)14-9-5-4-6-12(13)15/h10-11,14H,4-9H2,1-3H3,(H2,13,15). The molecule has 0 fully saturated rings. The van der Waals surface area contributed by atoms with Gasteiger partial charge in [-0.25, -0.2) is 0 Å². The molecule has 0 aromatic rings. The molecule has 1 atom stereocenters. The van der Waals surface area contributed by atoms with Crippen LogP contribution in [0.4, 0.5) is 0 Å². The van der Waals surface area contributed by atoms with Crippen molar-refractivity contribution >= 4 is 5.91 Å². The SMILES string of the molecule is CC(C)CCC(C)NCCCCC(N)=O. The fraction of sp³-hybridized carbons (Fsp3) is 0.917. The van der Waals surface area contributed by atoms with Crippen LogP contribution in [0.2, 0.25) is 0 Å². The van der Waals surface area contributed by atoms with Crippen LogP contribution >= 0.6 is 0 Å². The summed E-state index contributed by atoms with van der Waals surface area (Å²) in [6.07, 6.45) is 4.96. The van der Waals surface area contributed by atoms with Crippen LogP contribution in [0.5, 0.6) is 0 Å². The molecule has 90 valence electrons. The van der Waals surface area contributed by atoms with Gasteiger partial charge >= 0.3 is 0 Å². The highest BCUT2D eigenvalue weighted by Crippen LogP contribution is 2.06. The predicted octanol–water partition coefficient (Wildman–Crippen LogP) is 2.06. The van der Waals surface area contributed by atoms with Crippen molar-refractivity contribution in [2.24, 2.45) is 11.7 Å². The van der Waals surface area contributed by atoms with Crippen molar-refractivity contribution in [2.75, 3.05) is 6.54 Å². The molecule has 0 aromatic carbocycles. The van der Waals surface area contributed by atoms with Crippen molar-refractivity contribution in [3.8, 4) is 0 Å². The quantitative estimate of drug-likeness (QED) is 0.577. The minimum Gasteiger partial charge on any atom is -0.370 e. The molecule has 0 aliphatic carbocycles. The van der Waals surface area contributed by atoms with Crippen LogP contribution in [-0.2, 0) is 4.79 Å². The predicted molar refractivity (Wildman–Crippen MR) is 64.6 cm³/mol. The van der Waals surface area contributed by atoms with Gasteiger partial charge in [-0.05, 0) is 45.1 Å². The van der Waals surface area contributed by atoms with Gasteiger partial charge in [-0.1, -0.05) is 13.8 Å². The molecular formula is C12H26N2O. The van der Waals surface area contributed by atoms with Crippen molar-refractivity contribution in [2.45, 2.75) is 58.9 Å². The highest BCUT2D eigenvalue weighted by atomic mass is 16.1. The summed E-state index contributed by atoms with van der Waals surface area (Å²) in [5.74, 6) is 0.590. The van der Waals surface area contributed by atoms with Gasteiger partial charge in [0, 0.05) is 12.5 Å². The van der Waals surface area contributed by atoms with Gasteiger partial charge in [0.25, 0.3) is 0 Å². The van der Waals surface area contributed by atoms with Gasteiger partial charge < -0.3 is 11.1 Å². The molecule has 0 saturated carbocycles. The van der Waals surface area contributed by atoms with E-state index in [-0.39, 0.29) is 5.91 Å². The van der Waals surface area contributed by atoms with Gasteiger partial charge in [0.1, 0.15) is 0 Å². The summed E-state index contributed by atoms with van der Waals surface area (Å²) in [6.45, 7) is 7.71. The average Bonchev–Trinajstić information content (AvgIpc) is 2.13. The summed E-state index contributed by atoms with van der Waals surface area (Å²) >= 11 is 0. The summed E-state index contributed by atoms with van der Waals surface area (Å²) in [5.41, 5.74) is 5.06. The highest BCUT2D eigenvalue weighted by molar-refractivity contribution is 5.73. The molecule has 0 spiro atoms. The highest BCUT2D eigenvalue weighted by Gasteiger charge is 2.02. The Morgan fingerprint density at radius 2 is 1.87 bits per heavy atom. The summed E-state index contributed by atoms with van der Waals surface area (Å²) in [4.78, 5) is 10.5. The van der Waals surface area contributed by atoms with Crippen molar-refractivity contribution in [3.63, 3.8) is 0 Å². The number of carbonyl (C=O) groups is 1. The largest absolute Gasteiger partial charge is 0.370 e. The lowest BCUT2D eigenvalue weighted by Gasteiger charge is -2.14. The third-order valence-electron chi connectivity index (χ3n) is 2.52. The monoisotopic (exact) mass is 214 g/mol. The van der Waals surface area contributed by atoms with Crippen LogP contribution in [0.1, 0.15) is 52.9 Å². The van der Waals surface area contributed by atoms with E-state index in [4.69, 9.17) is 5.73 Å². The van der Waals surface area contributed by atoms with E-state index in [1.165, 1.54) is 12.8 Å². The van der Waals surface area contributed by atoms with E-state index < -0.39 is 0 Å². The molecule has 0 heterocycles. The number of primary amides is 1. The molecule has 0 rings (SSSR count). The number of unbranched alkanes of at least 4 members (excludes halogenated alkanes) is 1. The molecule has 0 aliphatic heterocycles. The van der Waals surface area contributed by atoms with Gasteiger partial charge in [-0.2, -0.15) is 0 Å². The zero-order chi connectivity index (χ0) is 11.7. The molecular weight excluding hydrogens is 188 g/mol. The molecule has 0 bridgehead atoms. The third kappa shape index (κ3) is 11.4. The Bertz CT molecular complexity index is 169. The first-order valence-electron chi connectivity index (χ1n) is 6.04. The van der Waals surface area contributed by atoms with E-state index >= 15 is 0 Å². The molecule has 0 saturated heterocycles. The average molecular weight is 214 g/mol. The van der Waals surface area contributed by atoms with E-state index in [1.807, 2.05) is 0 Å². The van der Waals surface area contributed by atoms with Crippen LogP contribution < -0.4 is 11.1 Å². The van der Waals surface area contributed by atoms with Crippen LogP contribution in [-0.4, -0.2) is 18.5 Å². The van der Waals surface area contributed by atoms with Crippen molar-refractivity contribution in [1.29, 1.82) is 0 Å². The van der Waals surface area contributed by atoms with Gasteiger partial charge in [0.05, 0.1) is 0 Å². The van der Waals surface area contributed by atoms with Crippen LogP contribution in [0.15, 0.2) is 0 Å². The second-order valence-electron chi connectivity index (χ2n) is 4.75. The lowest BCUT2D eigenvalue weighted by molar-refractivity contribution is -0.118. The van der Waals surface area contributed by atoms with Gasteiger partial charge in [-0.15, -0.1) is 0 Å². The molecule has 0 aliphatic rings. The summed E-state index contributed by atoms with van der Waals surface area (Å²) in [6, 6.07) is 0.584. The van der Waals surface area contributed by atoms with Crippen LogP contribution in [0.3, 0.4) is 0 Å². The summed E-state index contributed by atoms with van der Waals surface area (Å²) in [5, 5.41) is 3.46. The second kappa shape index (κ2) is 8.72. The number of hydrogen-bond acceptors (Lipinski definition) is 2. The minimum absolute atomic E-state index is 0.192. The van der Waals surface area contributed by atoms with Gasteiger partial charge in [0.2, 0.25) is 5.91 Å². The van der Waals surface area contributed by atoms with E-state index in [0.717, 1.165) is 25.3 Å². The van der Waals surface area contributed by atoms with E-state index in [2.05, 4.69) is 26.1 Å². The fourth-order valence-corrected chi connectivity index (χ4v) is 1.46. The van der Waals surface area contributed by atoms with Crippen LogP contribution in [0, 0.1) is 5.92 Å². The lowest BCUT2D eigenvalue weighted by Crippen LogP contribution is -2.27. The second-order valence-corrected chi connectivity index (χ2v) is 4.75. The third-order valence-corrected chi connectivity index (χ3v) is 2.52. The molecule has 1 amide bonds. The van der Waals surface area contributed by atoms with Crippen molar-refractivity contribution in [1.82, 2.24) is 5.32 Å². The molecule has 3 heteroatoms. The Morgan fingerprint density at radius 3 is 2.40 bits per heavy atom.